The van der Waals surface area contributed by atoms with E-state index in [2.05, 4.69) is 5.32 Å². The van der Waals surface area contributed by atoms with Crippen LogP contribution in [-0.2, 0) is 14.4 Å². The molecule has 0 aromatic heterocycles. The third kappa shape index (κ3) is 3.56. The highest BCUT2D eigenvalue weighted by atomic mass is 16.5. The number of rotatable bonds is 5. The molecule has 23 heavy (non-hydrogen) atoms. The van der Waals surface area contributed by atoms with Crippen LogP contribution in [0.15, 0.2) is 18.2 Å². The molecule has 1 atom stereocenters. The van der Waals surface area contributed by atoms with Crippen molar-refractivity contribution in [1.82, 2.24) is 10.2 Å². The second-order valence-electron chi connectivity index (χ2n) is 5.19. The Hall–Kier alpha value is -2.70. The number of carbonyl (C=O) groups is 4. The number of carbonyl (C=O) groups excluding carboxylic acids is 4. The number of hydrogen-bond donors (Lipinski definition) is 1. The van der Waals surface area contributed by atoms with Gasteiger partial charge in [-0.1, -0.05) is 0 Å². The van der Waals surface area contributed by atoms with Crippen LogP contribution in [0.1, 0.15) is 35.7 Å². The number of piperidine rings is 1. The van der Waals surface area contributed by atoms with Crippen LogP contribution in [0.3, 0.4) is 0 Å². The van der Waals surface area contributed by atoms with Crippen LogP contribution in [-0.4, -0.2) is 41.7 Å². The van der Waals surface area contributed by atoms with E-state index in [1.54, 1.807) is 25.1 Å². The zero-order chi connectivity index (χ0) is 17.0. The maximum Gasteiger partial charge on any atom is 0.261 e. The van der Waals surface area contributed by atoms with Crippen molar-refractivity contribution in [3.63, 3.8) is 0 Å². The van der Waals surface area contributed by atoms with Gasteiger partial charge in [0.25, 0.3) is 5.91 Å². The van der Waals surface area contributed by atoms with E-state index < -0.39 is 23.8 Å². The van der Waals surface area contributed by atoms with Crippen LogP contribution in [0.2, 0.25) is 0 Å². The van der Waals surface area contributed by atoms with Gasteiger partial charge in [-0.05, 0) is 44.0 Å². The number of hydrogen-bond acceptors (Lipinski definition) is 5. The fraction of sp³-hybridized carbons (Fsp3) is 0.375. The maximum atomic E-state index is 12.6. The lowest BCUT2D eigenvalue weighted by molar-refractivity contribution is -0.139. The minimum Gasteiger partial charge on any atom is -0.494 e. The van der Waals surface area contributed by atoms with Crippen LogP contribution >= 0.6 is 0 Å². The number of nitrogens with zero attached hydrogens (tertiary/aromatic N) is 1. The number of imide groups is 2. The summed E-state index contributed by atoms with van der Waals surface area (Å²) >= 11 is 0. The third-order valence-corrected chi connectivity index (χ3v) is 3.63. The summed E-state index contributed by atoms with van der Waals surface area (Å²) in [6.45, 7) is 4.08. The van der Waals surface area contributed by atoms with Crippen molar-refractivity contribution >= 4 is 24.1 Å². The molecule has 1 saturated heterocycles. The number of aryl methyl sites for hydroxylation is 1. The second kappa shape index (κ2) is 7.04. The first-order valence-electron chi connectivity index (χ1n) is 7.33. The Balaban J connectivity index is 2.24. The van der Waals surface area contributed by atoms with Gasteiger partial charge in [0.05, 0.1) is 6.61 Å². The van der Waals surface area contributed by atoms with Gasteiger partial charge in [0, 0.05) is 12.0 Å². The van der Waals surface area contributed by atoms with Crippen molar-refractivity contribution in [2.45, 2.75) is 32.7 Å². The second-order valence-corrected chi connectivity index (χ2v) is 5.19. The molecule has 7 heteroatoms. The summed E-state index contributed by atoms with van der Waals surface area (Å²) in [5.41, 5.74) is 0.949. The Kier molecular flexibility index (Phi) is 5.10. The Morgan fingerprint density at radius 1 is 1.43 bits per heavy atom. The van der Waals surface area contributed by atoms with Crippen molar-refractivity contribution in [2.75, 3.05) is 6.61 Å². The molecular weight excluding hydrogens is 300 g/mol. The van der Waals surface area contributed by atoms with Crippen LogP contribution in [0, 0.1) is 6.92 Å². The van der Waals surface area contributed by atoms with Crippen molar-refractivity contribution in [2.24, 2.45) is 0 Å². The van der Waals surface area contributed by atoms with Gasteiger partial charge in [0.15, 0.2) is 0 Å². The molecule has 1 fully saturated rings. The maximum absolute atomic E-state index is 12.6. The topological polar surface area (TPSA) is 92.8 Å². The number of ether oxygens (including phenoxy) is 1. The van der Waals surface area contributed by atoms with E-state index in [0.717, 1.165) is 4.90 Å². The molecule has 1 aromatic carbocycles. The fourth-order valence-electron chi connectivity index (χ4n) is 2.48. The van der Waals surface area contributed by atoms with Crippen LogP contribution in [0.4, 0.5) is 0 Å². The lowest BCUT2D eigenvalue weighted by atomic mass is 10.0. The monoisotopic (exact) mass is 318 g/mol. The summed E-state index contributed by atoms with van der Waals surface area (Å²) < 4.78 is 5.36. The molecule has 0 spiro atoms. The van der Waals surface area contributed by atoms with E-state index in [1.165, 1.54) is 0 Å². The summed E-state index contributed by atoms with van der Waals surface area (Å²) in [6, 6.07) is 3.93. The summed E-state index contributed by atoms with van der Waals surface area (Å²) in [7, 11) is 0. The average molecular weight is 318 g/mol. The summed E-state index contributed by atoms with van der Waals surface area (Å²) in [6.07, 6.45) is 0.555. The molecule has 1 N–H and O–H groups in total. The average Bonchev–Trinajstić information content (AvgIpc) is 2.50. The lowest BCUT2D eigenvalue weighted by Gasteiger charge is -2.28. The molecule has 122 valence electrons. The molecule has 4 amide bonds. The van der Waals surface area contributed by atoms with Crippen molar-refractivity contribution < 1.29 is 23.9 Å². The van der Waals surface area contributed by atoms with E-state index in [9.17, 15) is 19.2 Å². The number of nitrogens with one attached hydrogen (secondary N) is 1. The Morgan fingerprint density at radius 3 is 2.74 bits per heavy atom. The van der Waals surface area contributed by atoms with Crippen molar-refractivity contribution in [3.8, 4) is 5.75 Å². The summed E-state index contributed by atoms with van der Waals surface area (Å²) in [5, 5.41) is 2.14. The molecule has 0 radical (unpaired) electrons. The molecule has 1 aliphatic heterocycles. The van der Waals surface area contributed by atoms with E-state index in [-0.39, 0.29) is 12.8 Å². The Morgan fingerprint density at radius 2 is 2.17 bits per heavy atom. The van der Waals surface area contributed by atoms with Gasteiger partial charge >= 0.3 is 0 Å². The van der Waals surface area contributed by atoms with Crippen LogP contribution < -0.4 is 10.1 Å². The Labute approximate surface area is 133 Å². The molecular formula is C16H18N2O5. The van der Waals surface area contributed by atoms with Crippen LogP contribution in [0.25, 0.3) is 0 Å². The molecule has 1 aromatic rings. The van der Waals surface area contributed by atoms with Gasteiger partial charge in [0.1, 0.15) is 11.8 Å². The van der Waals surface area contributed by atoms with Gasteiger partial charge in [-0.25, -0.2) is 0 Å². The smallest absolute Gasteiger partial charge is 0.261 e. The number of benzene rings is 1. The predicted molar refractivity (Wildman–Crippen MR) is 80.8 cm³/mol. The molecule has 2 rings (SSSR count). The van der Waals surface area contributed by atoms with E-state index in [4.69, 9.17) is 4.74 Å². The first kappa shape index (κ1) is 16.7. The summed E-state index contributed by atoms with van der Waals surface area (Å²) in [4.78, 5) is 47.8. The molecule has 1 unspecified atom stereocenters. The van der Waals surface area contributed by atoms with Gasteiger partial charge in [0.2, 0.25) is 18.2 Å². The molecule has 1 aliphatic rings. The molecule has 0 bridgehead atoms. The van der Waals surface area contributed by atoms with Gasteiger partial charge in [-0.2, -0.15) is 0 Å². The number of amides is 4. The highest BCUT2D eigenvalue weighted by Crippen LogP contribution is 2.21. The minimum absolute atomic E-state index is 0.0935. The quantitative estimate of drug-likeness (QED) is 0.640. The molecule has 0 saturated carbocycles. The van der Waals surface area contributed by atoms with Gasteiger partial charge in [-0.15, -0.1) is 0 Å². The summed E-state index contributed by atoms with van der Waals surface area (Å²) in [5.74, 6) is -0.984. The van der Waals surface area contributed by atoms with Gasteiger partial charge in [-0.3, -0.25) is 29.4 Å². The van der Waals surface area contributed by atoms with Gasteiger partial charge < -0.3 is 4.74 Å². The first-order valence-corrected chi connectivity index (χ1v) is 7.33. The van der Waals surface area contributed by atoms with E-state index in [0.29, 0.717) is 29.9 Å². The first-order chi connectivity index (χ1) is 11.0. The molecule has 1 heterocycles. The van der Waals surface area contributed by atoms with E-state index in [1.807, 2.05) is 6.92 Å². The highest BCUT2D eigenvalue weighted by molar-refractivity contribution is 6.07. The van der Waals surface area contributed by atoms with Crippen LogP contribution in [0.5, 0.6) is 5.75 Å². The molecule has 0 aliphatic carbocycles. The zero-order valence-electron chi connectivity index (χ0n) is 13.0. The third-order valence-electron chi connectivity index (χ3n) is 3.63. The predicted octanol–water partition coefficient (Wildman–Crippen LogP) is 0.798. The fourth-order valence-corrected chi connectivity index (χ4v) is 2.48. The van der Waals surface area contributed by atoms with Crippen molar-refractivity contribution in [1.29, 1.82) is 0 Å². The Bertz CT molecular complexity index is 656. The standard InChI is InChI=1S/C16H18N2O5/c1-3-23-11-4-5-12(10(2)8-11)16(22)18(9-19)13-6-7-14(20)17-15(13)21/h4-5,8-9,13H,3,6-7H2,1-2H3,(H,17,20,21). The lowest BCUT2D eigenvalue weighted by Crippen LogP contribution is -2.53. The molecule has 7 nitrogen and oxygen atoms in total. The van der Waals surface area contributed by atoms with E-state index >= 15 is 0 Å². The normalized spacial score (nSPS) is 17.4. The minimum atomic E-state index is -0.969. The zero-order valence-corrected chi connectivity index (χ0v) is 13.0. The SMILES string of the molecule is CCOc1ccc(C(=O)N(C=O)C2CCC(=O)NC2=O)c(C)c1. The highest BCUT2D eigenvalue weighted by Gasteiger charge is 2.35. The largest absolute Gasteiger partial charge is 0.494 e. The van der Waals surface area contributed by atoms with Crippen molar-refractivity contribution in [3.05, 3.63) is 29.3 Å².